The molecule has 0 aliphatic carbocycles. The molecule has 1 heterocycles. The first-order chi connectivity index (χ1) is 18.1. The van der Waals surface area contributed by atoms with Crippen molar-refractivity contribution in [3.8, 4) is 0 Å². The number of amides is 1. The Morgan fingerprint density at radius 3 is 2.05 bits per heavy atom. The van der Waals surface area contributed by atoms with Crippen molar-refractivity contribution in [1.29, 1.82) is 0 Å². The fourth-order valence-electron chi connectivity index (χ4n) is 4.80. The van der Waals surface area contributed by atoms with Crippen LogP contribution in [-0.2, 0) is 14.8 Å². The Morgan fingerprint density at radius 1 is 0.895 bits per heavy atom. The van der Waals surface area contributed by atoms with E-state index in [-0.39, 0.29) is 23.4 Å². The molecular weight excluding hydrogens is 494 g/mol. The Hall–Kier alpha value is -3.32. The van der Waals surface area contributed by atoms with Crippen LogP contribution >= 0.6 is 0 Å². The van der Waals surface area contributed by atoms with E-state index in [0.29, 0.717) is 11.6 Å². The van der Waals surface area contributed by atoms with Crippen molar-refractivity contribution in [1.82, 2.24) is 5.32 Å². The van der Waals surface area contributed by atoms with Gasteiger partial charge in [0.1, 0.15) is 6.54 Å². The second kappa shape index (κ2) is 12.0. The maximum Gasteiger partial charge on any atom is 0.264 e. The van der Waals surface area contributed by atoms with Crippen LogP contribution in [-0.4, -0.2) is 34.0 Å². The van der Waals surface area contributed by atoms with Gasteiger partial charge in [0.2, 0.25) is 5.91 Å². The molecule has 1 atom stereocenters. The Kier molecular flexibility index (Phi) is 8.77. The second-order valence-corrected chi connectivity index (χ2v) is 12.5. The van der Waals surface area contributed by atoms with E-state index in [2.05, 4.69) is 43.1 Å². The highest BCUT2D eigenvalue weighted by Gasteiger charge is 2.28. The summed E-state index contributed by atoms with van der Waals surface area (Å²) < 4.78 is 28.4. The first-order valence-electron chi connectivity index (χ1n) is 13.5. The van der Waals surface area contributed by atoms with Gasteiger partial charge in [-0.3, -0.25) is 9.10 Å². The van der Waals surface area contributed by atoms with Gasteiger partial charge in [-0.15, -0.1) is 0 Å². The molecule has 0 aromatic heterocycles. The van der Waals surface area contributed by atoms with Gasteiger partial charge in [-0.2, -0.15) is 0 Å². The summed E-state index contributed by atoms with van der Waals surface area (Å²) >= 11 is 0. The monoisotopic (exact) mass is 533 g/mol. The summed E-state index contributed by atoms with van der Waals surface area (Å²) in [6.07, 6.45) is 2.41. The van der Waals surface area contributed by atoms with Crippen LogP contribution in [0.25, 0.3) is 0 Å². The molecule has 1 aliphatic heterocycles. The number of carbonyl (C=O) groups excluding carboxylic acids is 1. The van der Waals surface area contributed by atoms with E-state index in [9.17, 15) is 13.2 Å². The molecule has 1 fully saturated rings. The molecular formula is C31H39N3O3S. The molecule has 1 aliphatic rings. The predicted octanol–water partition coefficient (Wildman–Crippen LogP) is 6.12. The lowest BCUT2D eigenvalue weighted by atomic mass is 9.98. The summed E-state index contributed by atoms with van der Waals surface area (Å²) in [6.45, 7) is 10.2. The number of anilines is 2. The minimum Gasteiger partial charge on any atom is -0.372 e. The average Bonchev–Trinajstić information content (AvgIpc) is 2.92. The Labute approximate surface area is 227 Å². The predicted molar refractivity (Wildman–Crippen MR) is 155 cm³/mol. The van der Waals surface area contributed by atoms with Gasteiger partial charge in [0.15, 0.2) is 0 Å². The molecule has 0 spiro atoms. The lowest BCUT2D eigenvalue weighted by Crippen LogP contribution is -2.41. The zero-order valence-corrected chi connectivity index (χ0v) is 23.6. The number of rotatable bonds is 9. The molecule has 0 saturated carbocycles. The van der Waals surface area contributed by atoms with E-state index in [0.717, 1.165) is 30.1 Å². The topological polar surface area (TPSA) is 69.7 Å². The number of sulfonamides is 1. The zero-order chi connectivity index (χ0) is 27.3. The summed E-state index contributed by atoms with van der Waals surface area (Å²) in [5.41, 5.74) is 3.74. The van der Waals surface area contributed by atoms with Crippen LogP contribution in [0.2, 0.25) is 0 Å². The summed E-state index contributed by atoms with van der Waals surface area (Å²) in [4.78, 5) is 15.7. The van der Waals surface area contributed by atoms with Gasteiger partial charge in [0.05, 0.1) is 16.6 Å². The third kappa shape index (κ3) is 6.57. The first kappa shape index (κ1) is 27.7. The Morgan fingerprint density at radius 2 is 1.47 bits per heavy atom. The number of nitrogens with one attached hydrogen (secondary N) is 1. The van der Waals surface area contributed by atoms with Crippen molar-refractivity contribution in [2.24, 2.45) is 5.92 Å². The van der Waals surface area contributed by atoms with Gasteiger partial charge in [-0.1, -0.05) is 63.2 Å². The molecule has 7 heteroatoms. The molecule has 0 radical (unpaired) electrons. The third-order valence-corrected chi connectivity index (χ3v) is 9.17. The van der Waals surface area contributed by atoms with E-state index in [1.54, 1.807) is 42.5 Å². The SMILES string of the molecule is CC1CCN(c2ccc(C(C)NC(=O)CN(c3ccc(C(C)C)cc3)S(=O)(=O)c3ccccc3)cc2)CC1. The highest BCUT2D eigenvalue weighted by atomic mass is 32.2. The van der Waals surface area contributed by atoms with Crippen LogP contribution in [0.3, 0.4) is 0 Å². The van der Waals surface area contributed by atoms with E-state index in [4.69, 9.17) is 0 Å². The van der Waals surface area contributed by atoms with Crippen molar-refractivity contribution in [3.05, 3.63) is 90.0 Å². The van der Waals surface area contributed by atoms with Gasteiger partial charge in [0, 0.05) is 18.8 Å². The van der Waals surface area contributed by atoms with Crippen molar-refractivity contribution in [3.63, 3.8) is 0 Å². The van der Waals surface area contributed by atoms with Crippen LogP contribution in [0.15, 0.2) is 83.8 Å². The minimum atomic E-state index is -3.94. The minimum absolute atomic E-state index is 0.150. The molecule has 4 rings (SSSR count). The average molecular weight is 534 g/mol. The maximum atomic E-state index is 13.6. The lowest BCUT2D eigenvalue weighted by molar-refractivity contribution is -0.120. The highest BCUT2D eigenvalue weighted by Crippen LogP contribution is 2.27. The summed E-state index contributed by atoms with van der Waals surface area (Å²) in [5, 5.41) is 3.00. The Bertz CT molecular complexity index is 1300. The number of piperidine rings is 1. The van der Waals surface area contributed by atoms with Crippen molar-refractivity contribution in [2.75, 3.05) is 28.8 Å². The van der Waals surface area contributed by atoms with Gasteiger partial charge in [-0.05, 0) is 79.1 Å². The fourth-order valence-corrected chi connectivity index (χ4v) is 6.24. The normalized spacial score (nSPS) is 15.3. The van der Waals surface area contributed by atoms with Gasteiger partial charge < -0.3 is 10.2 Å². The molecule has 3 aromatic carbocycles. The number of hydrogen-bond donors (Lipinski definition) is 1. The van der Waals surface area contributed by atoms with Crippen LogP contribution in [0.4, 0.5) is 11.4 Å². The van der Waals surface area contributed by atoms with Crippen LogP contribution in [0.5, 0.6) is 0 Å². The second-order valence-electron chi connectivity index (χ2n) is 10.6. The number of carbonyl (C=O) groups is 1. The van der Waals surface area contributed by atoms with E-state index >= 15 is 0 Å². The molecule has 3 aromatic rings. The van der Waals surface area contributed by atoms with Crippen LogP contribution in [0.1, 0.15) is 63.6 Å². The summed E-state index contributed by atoms with van der Waals surface area (Å²) in [7, 11) is -3.94. The zero-order valence-electron chi connectivity index (χ0n) is 22.8. The third-order valence-electron chi connectivity index (χ3n) is 7.39. The van der Waals surface area contributed by atoms with Gasteiger partial charge in [0.25, 0.3) is 10.0 Å². The molecule has 0 bridgehead atoms. The smallest absolute Gasteiger partial charge is 0.264 e. The maximum absolute atomic E-state index is 13.6. The van der Waals surface area contributed by atoms with Crippen molar-refractivity contribution >= 4 is 27.3 Å². The summed E-state index contributed by atoms with van der Waals surface area (Å²) in [5.74, 6) is 0.732. The molecule has 6 nitrogen and oxygen atoms in total. The van der Waals surface area contributed by atoms with E-state index < -0.39 is 10.0 Å². The number of nitrogens with zero attached hydrogens (tertiary/aromatic N) is 2. The van der Waals surface area contributed by atoms with E-state index in [1.165, 1.54) is 22.8 Å². The fraction of sp³-hybridized carbons (Fsp3) is 0.387. The molecule has 1 saturated heterocycles. The lowest BCUT2D eigenvalue weighted by Gasteiger charge is -2.32. The quantitative estimate of drug-likeness (QED) is 0.360. The van der Waals surface area contributed by atoms with E-state index in [1.807, 2.05) is 31.2 Å². The molecule has 38 heavy (non-hydrogen) atoms. The molecule has 1 amide bonds. The molecule has 1 unspecified atom stereocenters. The van der Waals surface area contributed by atoms with Crippen LogP contribution in [0, 0.1) is 5.92 Å². The highest BCUT2D eigenvalue weighted by molar-refractivity contribution is 7.92. The van der Waals surface area contributed by atoms with Crippen LogP contribution < -0.4 is 14.5 Å². The van der Waals surface area contributed by atoms with Crippen molar-refractivity contribution < 1.29 is 13.2 Å². The summed E-state index contributed by atoms with van der Waals surface area (Å²) in [6, 6.07) is 23.7. The van der Waals surface area contributed by atoms with Gasteiger partial charge >= 0.3 is 0 Å². The standard InChI is InChI=1S/C31H39N3O3S/c1-23(2)26-10-16-29(17-11-26)34(38(36,37)30-8-6-5-7-9-30)22-31(35)32-25(4)27-12-14-28(15-13-27)33-20-18-24(3)19-21-33/h5-17,23-25H,18-22H2,1-4H3,(H,32,35). The Balaban J connectivity index is 1.49. The largest absolute Gasteiger partial charge is 0.372 e. The number of benzene rings is 3. The molecule has 202 valence electrons. The molecule has 1 N–H and O–H groups in total. The number of hydrogen-bond acceptors (Lipinski definition) is 4. The van der Waals surface area contributed by atoms with Crippen molar-refractivity contribution in [2.45, 2.75) is 57.4 Å². The first-order valence-corrected chi connectivity index (χ1v) is 14.9. The van der Waals surface area contributed by atoms with Gasteiger partial charge in [-0.25, -0.2) is 8.42 Å².